The quantitative estimate of drug-likeness (QED) is 0.464. The molecular weight excluding hydrogens is 325 g/mol. The topological polar surface area (TPSA) is 36.4 Å². The van der Waals surface area contributed by atoms with E-state index in [1.807, 2.05) is 7.05 Å². The monoisotopic (exact) mass is 351 g/mol. The normalized spacial score (nSPS) is 29.9. The number of halogens is 1. The molecular formula is C13H26IN3. The third-order valence-corrected chi connectivity index (χ3v) is 4.45. The molecule has 2 rings (SSSR count). The molecule has 0 saturated heterocycles. The molecule has 2 fully saturated rings. The minimum absolute atomic E-state index is 0. The summed E-state index contributed by atoms with van der Waals surface area (Å²) in [4.78, 5) is 4.29. The highest BCUT2D eigenvalue weighted by Gasteiger charge is 2.36. The Hall–Kier alpha value is 0. The van der Waals surface area contributed by atoms with E-state index in [0.717, 1.165) is 18.4 Å². The van der Waals surface area contributed by atoms with Crippen molar-refractivity contribution in [3.63, 3.8) is 0 Å². The predicted octanol–water partition coefficient (Wildman–Crippen LogP) is 2.76. The summed E-state index contributed by atoms with van der Waals surface area (Å²) in [6, 6.07) is 0.658. The number of rotatable bonds is 4. The third-order valence-electron chi connectivity index (χ3n) is 4.45. The number of hydrogen-bond acceptors (Lipinski definition) is 1. The van der Waals surface area contributed by atoms with Crippen molar-refractivity contribution in [1.82, 2.24) is 10.6 Å². The first-order valence-corrected chi connectivity index (χ1v) is 6.66. The molecule has 2 saturated carbocycles. The zero-order valence-corrected chi connectivity index (χ0v) is 13.6. The summed E-state index contributed by atoms with van der Waals surface area (Å²) >= 11 is 0. The van der Waals surface area contributed by atoms with Crippen molar-refractivity contribution < 1.29 is 0 Å². The Morgan fingerprint density at radius 2 is 2.06 bits per heavy atom. The van der Waals surface area contributed by atoms with Gasteiger partial charge in [-0.3, -0.25) is 4.99 Å². The molecule has 0 amide bonds. The van der Waals surface area contributed by atoms with Gasteiger partial charge in [0.15, 0.2) is 5.96 Å². The lowest BCUT2D eigenvalue weighted by Gasteiger charge is -2.41. The van der Waals surface area contributed by atoms with Crippen LogP contribution >= 0.6 is 24.0 Å². The molecule has 0 radical (unpaired) electrons. The van der Waals surface area contributed by atoms with Crippen molar-refractivity contribution >= 4 is 29.9 Å². The molecule has 0 aromatic carbocycles. The van der Waals surface area contributed by atoms with E-state index in [4.69, 9.17) is 0 Å². The molecule has 17 heavy (non-hydrogen) atoms. The number of guanidine groups is 1. The minimum atomic E-state index is 0. The van der Waals surface area contributed by atoms with Crippen LogP contribution < -0.4 is 10.6 Å². The Kier molecular flexibility index (Phi) is 5.54. The van der Waals surface area contributed by atoms with Gasteiger partial charge in [0, 0.05) is 19.6 Å². The molecule has 3 nitrogen and oxygen atoms in total. The van der Waals surface area contributed by atoms with Gasteiger partial charge in [-0.1, -0.05) is 20.3 Å². The van der Waals surface area contributed by atoms with Crippen LogP contribution in [0, 0.1) is 11.3 Å². The summed E-state index contributed by atoms with van der Waals surface area (Å²) in [5.74, 6) is 1.82. The van der Waals surface area contributed by atoms with Gasteiger partial charge < -0.3 is 10.6 Å². The van der Waals surface area contributed by atoms with Gasteiger partial charge in [0.1, 0.15) is 0 Å². The van der Waals surface area contributed by atoms with Gasteiger partial charge in [-0.25, -0.2) is 0 Å². The maximum Gasteiger partial charge on any atom is 0.191 e. The van der Waals surface area contributed by atoms with Crippen molar-refractivity contribution in [2.45, 2.75) is 52.0 Å². The van der Waals surface area contributed by atoms with Crippen molar-refractivity contribution in [1.29, 1.82) is 0 Å². The van der Waals surface area contributed by atoms with Crippen molar-refractivity contribution in [3.05, 3.63) is 0 Å². The second kappa shape index (κ2) is 6.25. The van der Waals surface area contributed by atoms with E-state index in [2.05, 4.69) is 29.5 Å². The predicted molar refractivity (Wildman–Crippen MR) is 84.1 cm³/mol. The summed E-state index contributed by atoms with van der Waals surface area (Å²) in [5.41, 5.74) is 0.562. The summed E-state index contributed by atoms with van der Waals surface area (Å²) in [7, 11) is 1.86. The van der Waals surface area contributed by atoms with Crippen LogP contribution in [0.1, 0.15) is 46.0 Å². The molecule has 0 aliphatic heterocycles. The second-order valence-corrected chi connectivity index (χ2v) is 5.60. The lowest BCUT2D eigenvalue weighted by Crippen LogP contribution is -2.46. The zero-order valence-electron chi connectivity index (χ0n) is 11.3. The van der Waals surface area contributed by atoms with Gasteiger partial charge in [-0.2, -0.15) is 0 Å². The first kappa shape index (κ1) is 15.1. The molecule has 100 valence electrons. The molecule has 2 N–H and O–H groups in total. The molecule has 0 heterocycles. The van der Waals surface area contributed by atoms with Crippen LogP contribution in [0.2, 0.25) is 0 Å². The summed E-state index contributed by atoms with van der Waals surface area (Å²) < 4.78 is 0. The van der Waals surface area contributed by atoms with Crippen LogP contribution in [0.4, 0.5) is 0 Å². The molecule has 2 aliphatic rings. The van der Waals surface area contributed by atoms with Crippen molar-refractivity contribution in [2.24, 2.45) is 16.3 Å². The van der Waals surface area contributed by atoms with Gasteiger partial charge in [0.2, 0.25) is 0 Å². The Bertz CT molecular complexity index is 268. The average molecular weight is 351 g/mol. The lowest BCUT2D eigenvalue weighted by molar-refractivity contribution is 0.131. The van der Waals surface area contributed by atoms with E-state index >= 15 is 0 Å². The Labute approximate surface area is 122 Å². The molecule has 2 atom stereocenters. The first-order chi connectivity index (χ1) is 7.69. The molecule has 0 spiro atoms. The maximum atomic E-state index is 4.29. The molecule has 0 aromatic rings. The maximum absolute atomic E-state index is 4.29. The Balaban J connectivity index is 0.00000144. The van der Waals surface area contributed by atoms with Crippen LogP contribution in [0.25, 0.3) is 0 Å². The van der Waals surface area contributed by atoms with Gasteiger partial charge >= 0.3 is 0 Å². The van der Waals surface area contributed by atoms with Crippen LogP contribution in [0.3, 0.4) is 0 Å². The summed E-state index contributed by atoms with van der Waals surface area (Å²) in [6.45, 7) is 5.68. The highest BCUT2D eigenvalue weighted by molar-refractivity contribution is 14.0. The number of nitrogens with zero attached hydrogens (tertiary/aromatic N) is 1. The minimum Gasteiger partial charge on any atom is -0.356 e. The number of aliphatic imine (C=N–C) groups is 1. The summed E-state index contributed by atoms with van der Waals surface area (Å²) in [5, 5.41) is 6.97. The summed E-state index contributed by atoms with van der Waals surface area (Å²) in [6.07, 6.45) is 6.75. The fourth-order valence-corrected chi connectivity index (χ4v) is 2.50. The largest absolute Gasteiger partial charge is 0.356 e. The van der Waals surface area contributed by atoms with E-state index in [0.29, 0.717) is 11.5 Å². The first-order valence-electron chi connectivity index (χ1n) is 6.66. The standard InChI is InChI=1S/C13H25N3.HI/c1-4-13(6-5-7-13)9-15-12(14-3)16-11-8-10(11)2;/h10-11H,4-9H2,1-3H3,(H2,14,15,16);1H. The zero-order chi connectivity index (χ0) is 11.6. The second-order valence-electron chi connectivity index (χ2n) is 5.60. The van der Waals surface area contributed by atoms with E-state index < -0.39 is 0 Å². The molecule has 2 aliphatic carbocycles. The molecule has 0 bridgehead atoms. The number of nitrogens with one attached hydrogen (secondary N) is 2. The van der Waals surface area contributed by atoms with Crippen LogP contribution in [0.15, 0.2) is 4.99 Å². The fourth-order valence-electron chi connectivity index (χ4n) is 2.50. The van der Waals surface area contributed by atoms with Gasteiger partial charge in [0.25, 0.3) is 0 Å². The van der Waals surface area contributed by atoms with Crippen LogP contribution in [0.5, 0.6) is 0 Å². The van der Waals surface area contributed by atoms with Crippen molar-refractivity contribution in [2.75, 3.05) is 13.6 Å². The fraction of sp³-hybridized carbons (Fsp3) is 0.923. The van der Waals surface area contributed by atoms with Gasteiger partial charge in [-0.05, 0) is 37.0 Å². The highest BCUT2D eigenvalue weighted by Crippen LogP contribution is 2.43. The molecule has 0 aromatic heterocycles. The van der Waals surface area contributed by atoms with Gasteiger partial charge in [0.05, 0.1) is 0 Å². The molecule has 4 heteroatoms. The van der Waals surface area contributed by atoms with E-state index in [-0.39, 0.29) is 24.0 Å². The lowest BCUT2D eigenvalue weighted by atomic mass is 9.67. The Morgan fingerprint density at radius 3 is 2.41 bits per heavy atom. The average Bonchev–Trinajstić information content (AvgIpc) is 2.91. The van der Waals surface area contributed by atoms with Crippen LogP contribution in [-0.2, 0) is 0 Å². The Morgan fingerprint density at radius 1 is 1.41 bits per heavy atom. The number of hydrogen-bond donors (Lipinski definition) is 2. The van der Waals surface area contributed by atoms with E-state index in [1.54, 1.807) is 0 Å². The van der Waals surface area contributed by atoms with Crippen LogP contribution in [-0.4, -0.2) is 25.6 Å². The third kappa shape index (κ3) is 3.73. The smallest absolute Gasteiger partial charge is 0.191 e. The van der Waals surface area contributed by atoms with E-state index in [1.165, 1.54) is 32.1 Å². The van der Waals surface area contributed by atoms with E-state index in [9.17, 15) is 0 Å². The highest BCUT2D eigenvalue weighted by atomic mass is 127. The van der Waals surface area contributed by atoms with Gasteiger partial charge in [-0.15, -0.1) is 24.0 Å². The molecule has 2 unspecified atom stereocenters. The van der Waals surface area contributed by atoms with Crippen molar-refractivity contribution in [3.8, 4) is 0 Å². The SMILES string of the molecule is CCC1(CNC(=NC)NC2CC2C)CCC1.I.